The van der Waals surface area contributed by atoms with Gasteiger partial charge in [-0.05, 0) is 50.1 Å². The standard InChI is InChI=1S/C20H17Cl3N4O/c1-11-18(12-2-4-13(21)5-3-12)27(17-9-6-14(22)10-16(17)23)26-19(11)25-20(28)24-15-7-8-15/h2-6,9-10,15H,7-8H2,1H3,(H2,24,25,26,28). The molecule has 3 aromatic rings. The van der Waals surface area contributed by atoms with Crippen molar-refractivity contribution in [3.8, 4) is 16.9 Å². The summed E-state index contributed by atoms with van der Waals surface area (Å²) in [5, 5.41) is 12.0. The fourth-order valence-corrected chi connectivity index (χ4v) is 3.56. The highest BCUT2D eigenvalue weighted by molar-refractivity contribution is 6.35. The topological polar surface area (TPSA) is 59.0 Å². The molecular formula is C20H17Cl3N4O. The molecule has 2 aromatic carbocycles. The lowest BCUT2D eigenvalue weighted by Gasteiger charge is -2.10. The number of urea groups is 1. The van der Waals surface area contributed by atoms with Crippen LogP contribution in [0.5, 0.6) is 0 Å². The molecule has 1 aliphatic rings. The van der Waals surface area contributed by atoms with Gasteiger partial charge in [-0.15, -0.1) is 5.10 Å². The molecule has 0 saturated heterocycles. The van der Waals surface area contributed by atoms with E-state index in [0.717, 1.165) is 29.7 Å². The van der Waals surface area contributed by atoms with Crippen molar-refractivity contribution in [3.05, 3.63) is 63.1 Å². The van der Waals surface area contributed by atoms with E-state index in [0.29, 0.717) is 26.6 Å². The summed E-state index contributed by atoms with van der Waals surface area (Å²) in [6, 6.07) is 12.6. The van der Waals surface area contributed by atoms with Gasteiger partial charge in [0.15, 0.2) is 5.82 Å². The van der Waals surface area contributed by atoms with Crippen LogP contribution in [0.15, 0.2) is 42.5 Å². The minimum atomic E-state index is -0.264. The van der Waals surface area contributed by atoms with Crippen LogP contribution in [-0.4, -0.2) is 21.9 Å². The number of benzene rings is 2. The number of halogens is 3. The highest BCUT2D eigenvalue weighted by atomic mass is 35.5. The molecule has 1 saturated carbocycles. The maximum absolute atomic E-state index is 12.2. The molecule has 0 radical (unpaired) electrons. The van der Waals surface area contributed by atoms with E-state index in [-0.39, 0.29) is 12.1 Å². The zero-order chi connectivity index (χ0) is 19.8. The van der Waals surface area contributed by atoms with E-state index >= 15 is 0 Å². The van der Waals surface area contributed by atoms with Crippen LogP contribution in [0.3, 0.4) is 0 Å². The second kappa shape index (κ2) is 7.66. The Balaban J connectivity index is 1.81. The molecule has 2 N–H and O–H groups in total. The third-order valence-electron chi connectivity index (χ3n) is 4.52. The number of hydrogen-bond acceptors (Lipinski definition) is 2. The van der Waals surface area contributed by atoms with Crippen molar-refractivity contribution < 1.29 is 4.79 Å². The van der Waals surface area contributed by atoms with Gasteiger partial charge in [0.2, 0.25) is 0 Å². The van der Waals surface area contributed by atoms with Crippen molar-refractivity contribution in [1.29, 1.82) is 0 Å². The van der Waals surface area contributed by atoms with Crippen molar-refractivity contribution in [2.45, 2.75) is 25.8 Å². The normalized spacial score (nSPS) is 13.4. The number of rotatable bonds is 4. The van der Waals surface area contributed by atoms with Gasteiger partial charge in [0.1, 0.15) is 0 Å². The Morgan fingerprint density at radius 3 is 2.39 bits per heavy atom. The zero-order valence-electron chi connectivity index (χ0n) is 15.0. The summed E-state index contributed by atoms with van der Waals surface area (Å²) < 4.78 is 1.71. The third-order valence-corrected chi connectivity index (χ3v) is 5.31. The number of aromatic nitrogens is 2. The van der Waals surface area contributed by atoms with E-state index in [2.05, 4.69) is 15.7 Å². The van der Waals surface area contributed by atoms with Crippen molar-refractivity contribution in [3.63, 3.8) is 0 Å². The molecule has 28 heavy (non-hydrogen) atoms. The summed E-state index contributed by atoms with van der Waals surface area (Å²) in [5.74, 6) is 0.467. The van der Waals surface area contributed by atoms with Crippen LogP contribution in [-0.2, 0) is 0 Å². The highest BCUT2D eigenvalue weighted by Crippen LogP contribution is 2.34. The predicted octanol–water partition coefficient (Wildman–Crippen LogP) is 6.09. The highest BCUT2D eigenvalue weighted by Gasteiger charge is 2.25. The Labute approximate surface area is 177 Å². The number of carbonyl (C=O) groups is 1. The minimum absolute atomic E-state index is 0.254. The summed E-state index contributed by atoms with van der Waals surface area (Å²) >= 11 is 18.5. The predicted molar refractivity (Wildman–Crippen MR) is 114 cm³/mol. The largest absolute Gasteiger partial charge is 0.335 e. The summed E-state index contributed by atoms with van der Waals surface area (Å²) in [6.45, 7) is 1.91. The molecule has 0 unspecified atom stereocenters. The second-order valence-corrected chi connectivity index (χ2v) is 7.99. The van der Waals surface area contributed by atoms with E-state index in [4.69, 9.17) is 34.8 Å². The van der Waals surface area contributed by atoms with Gasteiger partial charge in [-0.3, -0.25) is 5.32 Å². The van der Waals surface area contributed by atoms with Crippen LogP contribution in [0.4, 0.5) is 10.6 Å². The molecule has 0 bridgehead atoms. The molecule has 4 rings (SSSR count). The Morgan fingerprint density at radius 1 is 1.07 bits per heavy atom. The summed E-state index contributed by atoms with van der Waals surface area (Å²) in [4.78, 5) is 12.2. The smallest absolute Gasteiger partial charge is 0.320 e. The molecular weight excluding hydrogens is 419 g/mol. The Hall–Kier alpha value is -2.21. The van der Waals surface area contributed by atoms with E-state index in [1.807, 2.05) is 31.2 Å². The first-order valence-corrected chi connectivity index (χ1v) is 9.94. The zero-order valence-corrected chi connectivity index (χ0v) is 17.2. The quantitative estimate of drug-likeness (QED) is 0.521. The first-order valence-electron chi connectivity index (χ1n) is 8.81. The molecule has 1 heterocycles. The number of amides is 2. The summed E-state index contributed by atoms with van der Waals surface area (Å²) in [7, 11) is 0. The lowest BCUT2D eigenvalue weighted by molar-refractivity contribution is 0.251. The SMILES string of the molecule is Cc1c(NC(=O)NC2CC2)nn(-c2ccc(Cl)cc2Cl)c1-c1ccc(Cl)cc1. The molecule has 0 aliphatic heterocycles. The number of nitrogens with one attached hydrogen (secondary N) is 2. The molecule has 1 aromatic heterocycles. The number of nitrogens with zero attached hydrogens (tertiary/aromatic N) is 2. The van der Waals surface area contributed by atoms with E-state index < -0.39 is 0 Å². The van der Waals surface area contributed by atoms with Gasteiger partial charge in [-0.1, -0.05) is 46.9 Å². The Bertz CT molecular complexity index is 1040. The van der Waals surface area contributed by atoms with E-state index in [1.54, 1.807) is 22.9 Å². The summed E-state index contributed by atoms with van der Waals surface area (Å²) in [5.41, 5.74) is 3.19. The van der Waals surface area contributed by atoms with Crippen molar-refractivity contribution in [2.75, 3.05) is 5.32 Å². The van der Waals surface area contributed by atoms with Gasteiger partial charge >= 0.3 is 6.03 Å². The van der Waals surface area contributed by atoms with Gasteiger partial charge in [-0.25, -0.2) is 9.48 Å². The molecule has 144 valence electrons. The molecule has 2 amide bonds. The summed E-state index contributed by atoms with van der Waals surface area (Å²) in [6.07, 6.45) is 2.02. The Morgan fingerprint density at radius 2 is 1.75 bits per heavy atom. The molecule has 0 spiro atoms. The number of carbonyl (C=O) groups excluding carboxylic acids is 1. The van der Waals surface area contributed by atoms with Crippen LogP contribution in [0.1, 0.15) is 18.4 Å². The number of hydrogen-bond donors (Lipinski definition) is 2. The fraction of sp³-hybridized carbons (Fsp3) is 0.200. The minimum Gasteiger partial charge on any atom is -0.335 e. The second-order valence-electron chi connectivity index (χ2n) is 6.71. The maximum Gasteiger partial charge on any atom is 0.320 e. The maximum atomic E-state index is 12.2. The van der Waals surface area contributed by atoms with Gasteiger partial charge in [-0.2, -0.15) is 0 Å². The Kier molecular flexibility index (Phi) is 5.23. The van der Waals surface area contributed by atoms with Gasteiger partial charge < -0.3 is 5.32 Å². The average Bonchev–Trinajstić information content (AvgIpc) is 3.40. The first kappa shape index (κ1) is 19.1. The average molecular weight is 436 g/mol. The van der Waals surface area contributed by atoms with Gasteiger partial charge in [0.25, 0.3) is 0 Å². The molecule has 1 fully saturated rings. The van der Waals surface area contributed by atoms with Gasteiger partial charge in [0, 0.05) is 27.2 Å². The van der Waals surface area contributed by atoms with Crippen LogP contribution in [0.2, 0.25) is 15.1 Å². The molecule has 1 aliphatic carbocycles. The van der Waals surface area contributed by atoms with Crippen LogP contribution in [0.25, 0.3) is 16.9 Å². The third kappa shape index (κ3) is 3.97. The monoisotopic (exact) mass is 434 g/mol. The lowest BCUT2D eigenvalue weighted by atomic mass is 10.1. The van der Waals surface area contributed by atoms with Crippen LogP contribution < -0.4 is 10.6 Å². The van der Waals surface area contributed by atoms with Crippen LogP contribution >= 0.6 is 34.8 Å². The van der Waals surface area contributed by atoms with Crippen LogP contribution in [0, 0.1) is 6.92 Å². The molecule has 5 nitrogen and oxygen atoms in total. The number of anilines is 1. The fourth-order valence-electron chi connectivity index (χ4n) is 2.95. The van der Waals surface area contributed by atoms with Gasteiger partial charge in [0.05, 0.1) is 16.4 Å². The molecule has 8 heteroatoms. The molecule has 0 atom stereocenters. The van der Waals surface area contributed by atoms with Crippen molar-refractivity contribution >= 4 is 46.7 Å². The van der Waals surface area contributed by atoms with Crippen molar-refractivity contribution in [2.24, 2.45) is 0 Å². The first-order chi connectivity index (χ1) is 13.4. The van der Waals surface area contributed by atoms with Crippen molar-refractivity contribution in [1.82, 2.24) is 15.1 Å². The van der Waals surface area contributed by atoms with E-state index in [9.17, 15) is 4.79 Å². The van der Waals surface area contributed by atoms with E-state index in [1.165, 1.54) is 0 Å². The lowest BCUT2D eigenvalue weighted by Crippen LogP contribution is -2.30.